The fraction of sp³-hybridized carbons (Fsp3) is 0.0370. The largest absolute Gasteiger partial charge is 0.0991 e. The summed E-state index contributed by atoms with van der Waals surface area (Å²) in [5.74, 6) is 0. The Morgan fingerprint density at radius 2 is 1.11 bits per heavy atom. The van der Waals surface area contributed by atoms with E-state index in [9.17, 15) is 0 Å². The quantitative estimate of drug-likeness (QED) is 0.323. The molecule has 0 atom stereocenters. The van der Waals surface area contributed by atoms with Gasteiger partial charge in [0, 0.05) is 0 Å². The Bertz CT molecular complexity index is 915. The summed E-state index contributed by atoms with van der Waals surface area (Å²) in [6, 6.07) is 31.8. The van der Waals surface area contributed by atoms with Gasteiger partial charge >= 0.3 is 0 Å². The number of allylic oxidation sites excluding steroid dienone is 6. The van der Waals surface area contributed by atoms with Gasteiger partial charge in [-0.25, -0.2) is 0 Å². The van der Waals surface area contributed by atoms with Crippen LogP contribution >= 0.6 is 0 Å². The van der Waals surface area contributed by atoms with Crippen molar-refractivity contribution in [2.75, 3.05) is 0 Å². The fourth-order valence-electron chi connectivity index (χ4n) is 3.22. The molecule has 0 aliphatic carbocycles. The molecule has 0 saturated heterocycles. The van der Waals surface area contributed by atoms with E-state index in [0.717, 1.165) is 0 Å². The summed E-state index contributed by atoms with van der Waals surface area (Å²) in [7, 11) is 0. The summed E-state index contributed by atoms with van der Waals surface area (Å²) in [5.41, 5.74) is 7.21. The van der Waals surface area contributed by atoms with Crippen molar-refractivity contribution in [1.82, 2.24) is 0 Å². The van der Waals surface area contributed by atoms with Crippen molar-refractivity contribution < 1.29 is 0 Å². The molecule has 0 aromatic heterocycles. The molecule has 0 radical (unpaired) electrons. The van der Waals surface area contributed by atoms with E-state index in [1.807, 2.05) is 12.2 Å². The molecule has 132 valence electrons. The van der Waals surface area contributed by atoms with Gasteiger partial charge < -0.3 is 0 Å². The Morgan fingerprint density at radius 3 is 1.52 bits per heavy atom. The Balaban J connectivity index is 2.39. The van der Waals surface area contributed by atoms with Crippen molar-refractivity contribution in [1.29, 1.82) is 0 Å². The van der Waals surface area contributed by atoms with Gasteiger partial charge in [0.15, 0.2) is 0 Å². The number of benzene rings is 3. The highest BCUT2D eigenvalue weighted by Crippen LogP contribution is 2.37. The van der Waals surface area contributed by atoms with Crippen LogP contribution in [0.5, 0.6) is 0 Å². The van der Waals surface area contributed by atoms with Crippen molar-refractivity contribution in [3.05, 3.63) is 144 Å². The maximum absolute atomic E-state index is 3.83. The number of hydrogen-bond donors (Lipinski definition) is 0. The van der Waals surface area contributed by atoms with Gasteiger partial charge in [0.25, 0.3) is 0 Å². The fourth-order valence-corrected chi connectivity index (χ4v) is 3.22. The highest BCUT2D eigenvalue weighted by atomic mass is 14.2. The van der Waals surface area contributed by atoms with Crippen molar-refractivity contribution in [3.8, 4) is 0 Å². The Hall–Kier alpha value is -3.38. The van der Waals surface area contributed by atoms with Crippen LogP contribution in [0.1, 0.15) is 23.6 Å². The Kier molecular flexibility index (Phi) is 6.38. The molecule has 0 bridgehead atoms. The lowest BCUT2D eigenvalue weighted by atomic mass is 9.85. The molecule has 3 rings (SSSR count). The molecule has 27 heavy (non-hydrogen) atoms. The zero-order chi connectivity index (χ0) is 18.9. The predicted molar refractivity (Wildman–Crippen MR) is 118 cm³/mol. The normalized spacial score (nSPS) is 11.4. The highest BCUT2D eigenvalue weighted by molar-refractivity contribution is 6.05. The third kappa shape index (κ3) is 4.43. The topological polar surface area (TPSA) is 0 Å². The molecule has 0 nitrogen and oxygen atoms in total. The first kappa shape index (κ1) is 18.4. The van der Waals surface area contributed by atoms with Crippen LogP contribution in [0, 0.1) is 0 Å². The third-order valence-corrected chi connectivity index (χ3v) is 4.45. The molecule has 3 aromatic carbocycles. The lowest BCUT2D eigenvalue weighted by molar-refractivity contribution is 1.50. The first-order chi connectivity index (χ1) is 13.3. The van der Waals surface area contributed by atoms with E-state index in [1.165, 1.54) is 33.4 Å². The average molecular weight is 348 g/mol. The first-order valence-corrected chi connectivity index (χ1v) is 9.21. The van der Waals surface area contributed by atoms with E-state index in [-0.39, 0.29) is 0 Å². The van der Waals surface area contributed by atoms with E-state index in [4.69, 9.17) is 0 Å². The Morgan fingerprint density at radius 1 is 0.667 bits per heavy atom. The van der Waals surface area contributed by atoms with Crippen molar-refractivity contribution in [3.63, 3.8) is 0 Å². The smallest absolute Gasteiger partial charge is 0.00269 e. The molecule has 0 N–H and O–H groups in total. The molecule has 0 spiro atoms. The second kappa shape index (κ2) is 9.35. The van der Waals surface area contributed by atoms with Gasteiger partial charge in [0.05, 0.1) is 0 Å². The molecule has 0 heterocycles. The van der Waals surface area contributed by atoms with Gasteiger partial charge in [-0.1, -0.05) is 122 Å². The monoisotopic (exact) mass is 348 g/mol. The molecule has 0 aliphatic heterocycles. The van der Waals surface area contributed by atoms with E-state index in [0.29, 0.717) is 0 Å². The second-order valence-electron chi connectivity index (χ2n) is 6.19. The molecule has 0 amide bonds. The molecular weight excluding hydrogens is 324 g/mol. The van der Waals surface area contributed by atoms with Crippen LogP contribution < -0.4 is 0 Å². The molecule has 3 aromatic rings. The second-order valence-corrected chi connectivity index (χ2v) is 6.19. The van der Waals surface area contributed by atoms with Crippen LogP contribution in [0.3, 0.4) is 0 Å². The molecule has 0 heteroatoms. The number of hydrogen-bond acceptors (Lipinski definition) is 0. The minimum Gasteiger partial charge on any atom is -0.0991 e. The number of rotatable bonds is 6. The summed E-state index contributed by atoms with van der Waals surface area (Å²) in [6.45, 7) is 5.91. The van der Waals surface area contributed by atoms with Crippen LogP contribution in [-0.4, -0.2) is 0 Å². The van der Waals surface area contributed by atoms with Gasteiger partial charge in [0.1, 0.15) is 0 Å². The summed E-state index contributed by atoms with van der Waals surface area (Å²) in [4.78, 5) is 0. The molecular formula is C27H24. The average Bonchev–Trinajstić information content (AvgIpc) is 2.75. The predicted octanol–water partition coefficient (Wildman–Crippen LogP) is 7.33. The summed E-state index contributed by atoms with van der Waals surface area (Å²) >= 11 is 0. The lowest BCUT2D eigenvalue weighted by Gasteiger charge is -2.18. The van der Waals surface area contributed by atoms with Crippen LogP contribution in [0.25, 0.3) is 11.1 Å². The van der Waals surface area contributed by atoms with Crippen LogP contribution in [0.2, 0.25) is 0 Å². The minimum absolute atomic E-state index is 1.17. The summed E-state index contributed by atoms with van der Waals surface area (Å²) < 4.78 is 0. The van der Waals surface area contributed by atoms with E-state index < -0.39 is 0 Å². The molecule has 0 unspecified atom stereocenters. The minimum atomic E-state index is 1.17. The maximum atomic E-state index is 3.83. The maximum Gasteiger partial charge on any atom is -0.00269 e. The van der Waals surface area contributed by atoms with Gasteiger partial charge in [0.2, 0.25) is 0 Å². The van der Waals surface area contributed by atoms with E-state index >= 15 is 0 Å². The van der Waals surface area contributed by atoms with Gasteiger partial charge in [-0.15, -0.1) is 0 Å². The molecule has 0 fully saturated rings. The van der Waals surface area contributed by atoms with Crippen molar-refractivity contribution in [2.45, 2.75) is 6.92 Å². The SMILES string of the molecule is C=C/C=C\C(=C/C)C(=C(c1ccccc1)c1ccccc1)c1ccccc1. The first-order valence-electron chi connectivity index (χ1n) is 9.21. The molecule has 0 aliphatic rings. The zero-order valence-corrected chi connectivity index (χ0v) is 15.7. The van der Waals surface area contributed by atoms with Gasteiger partial charge in [-0.05, 0) is 40.3 Å². The standard InChI is InChI=1S/C27H24/c1-3-5-15-22(4-2)26(23-16-9-6-10-17-23)27(24-18-11-7-12-19-24)25-20-13-8-14-21-25/h3-21H,1H2,2H3/b15-5-,22-4+. The third-order valence-electron chi connectivity index (χ3n) is 4.45. The van der Waals surface area contributed by atoms with E-state index in [1.54, 1.807) is 0 Å². The van der Waals surface area contributed by atoms with Crippen LogP contribution in [0.4, 0.5) is 0 Å². The van der Waals surface area contributed by atoms with Gasteiger partial charge in [-0.3, -0.25) is 0 Å². The lowest BCUT2D eigenvalue weighted by Crippen LogP contribution is -1.97. The van der Waals surface area contributed by atoms with Crippen LogP contribution in [-0.2, 0) is 0 Å². The summed E-state index contributed by atoms with van der Waals surface area (Å²) in [5, 5.41) is 0. The van der Waals surface area contributed by atoms with Gasteiger partial charge in [-0.2, -0.15) is 0 Å². The zero-order valence-electron chi connectivity index (χ0n) is 15.7. The van der Waals surface area contributed by atoms with E-state index in [2.05, 4.69) is 117 Å². The molecule has 0 saturated carbocycles. The summed E-state index contributed by atoms with van der Waals surface area (Å²) in [6.07, 6.45) is 8.10. The van der Waals surface area contributed by atoms with Crippen LogP contribution in [0.15, 0.2) is 127 Å². The van der Waals surface area contributed by atoms with Crippen molar-refractivity contribution in [2.24, 2.45) is 0 Å². The van der Waals surface area contributed by atoms with Crippen molar-refractivity contribution >= 4 is 11.1 Å². The Labute approximate surface area is 162 Å². The highest BCUT2D eigenvalue weighted by Gasteiger charge is 2.15.